The molecule has 1 saturated heterocycles. The Morgan fingerprint density at radius 1 is 1.17 bits per heavy atom. The van der Waals surface area contributed by atoms with Gasteiger partial charge < -0.3 is 20.0 Å². The van der Waals surface area contributed by atoms with Crippen LogP contribution in [0.3, 0.4) is 0 Å². The standard InChI is InChI=1S/C24H30N2O3/c1-25-12-11-24(18-9-6-10-20(27)13-18)15-19(14-22(28)21(24)16-25)26(2)23(29)17-7-4-3-5-8-17/h3-10,13,19,21-22,27-28H,11-12,14-16H2,1-2H3/t19-,21?,22?,24?/m0/s1. The van der Waals surface area contributed by atoms with Crippen LogP contribution in [0.5, 0.6) is 5.75 Å². The highest BCUT2D eigenvalue weighted by Gasteiger charge is 2.52. The van der Waals surface area contributed by atoms with Gasteiger partial charge in [0.15, 0.2) is 0 Å². The lowest BCUT2D eigenvalue weighted by Crippen LogP contribution is -2.60. The second-order valence-electron chi connectivity index (χ2n) is 8.77. The monoisotopic (exact) mass is 394 g/mol. The molecular formula is C24H30N2O3. The number of likely N-dealkylation sites (tertiary alicyclic amines) is 1. The highest BCUT2D eigenvalue weighted by atomic mass is 16.3. The minimum atomic E-state index is -0.495. The van der Waals surface area contributed by atoms with E-state index in [9.17, 15) is 15.0 Å². The largest absolute Gasteiger partial charge is 0.508 e. The molecule has 5 nitrogen and oxygen atoms in total. The predicted molar refractivity (Wildman–Crippen MR) is 113 cm³/mol. The van der Waals surface area contributed by atoms with E-state index < -0.39 is 6.10 Å². The molecule has 2 aromatic carbocycles. The van der Waals surface area contributed by atoms with Crippen LogP contribution < -0.4 is 0 Å². The summed E-state index contributed by atoms with van der Waals surface area (Å²) in [5.74, 6) is 0.319. The maximum Gasteiger partial charge on any atom is 0.253 e. The third-order valence-corrected chi connectivity index (χ3v) is 7.05. The number of amides is 1. The first-order valence-corrected chi connectivity index (χ1v) is 10.4. The highest BCUT2D eigenvalue weighted by Crippen LogP contribution is 2.50. The third kappa shape index (κ3) is 3.65. The summed E-state index contributed by atoms with van der Waals surface area (Å²) >= 11 is 0. The van der Waals surface area contributed by atoms with Gasteiger partial charge >= 0.3 is 0 Å². The zero-order chi connectivity index (χ0) is 20.6. The predicted octanol–water partition coefficient (Wildman–Crippen LogP) is 2.88. The molecule has 0 radical (unpaired) electrons. The molecule has 1 amide bonds. The first-order chi connectivity index (χ1) is 13.9. The van der Waals surface area contributed by atoms with Crippen LogP contribution in [0.15, 0.2) is 54.6 Å². The van der Waals surface area contributed by atoms with Crippen LogP contribution in [0.1, 0.15) is 35.2 Å². The summed E-state index contributed by atoms with van der Waals surface area (Å²) in [6, 6.07) is 16.7. The Balaban J connectivity index is 1.68. The van der Waals surface area contributed by atoms with Crippen LogP contribution in [0.25, 0.3) is 0 Å². The van der Waals surface area contributed by atoms with E-state index in [4.69, 9.17) is 0 Å². The first-order valence-electron chi connectivity index (χ1n) is 10.4. The summed E-state index contributed by atoms with van der Waals surface area (Å²) in [4.78, 5) is 17.1. The number of fused-ring (bicyclic) bond motifs is 1. The lowest BCUT2D eigenvalue weighted by Gasteiger charge is -2.55. The van der Waals surface area contributed by atoms with Gasteiger partial charge in [0.2, 0.25) is 0 Å². The number of hydrogen-bond acceptors (Lipinski definition) is 4. The average Bonchev–Trinajstić information content (AvgIpc) is 2.74. The second-order valence-corrected chi connectivity index (χ2v) is 8.77. The normalized spacial score (nSPS) is 29.8. The number of phenolic OH excluding ortho intramolecular Hbond substituents is 1. The van der Waals surface area contributed by atoms with Crippen molar-refractivity contribution in [1.29, 1.82) is 0 Å². The van der Waals surface area contributed by atoms with Crippen molar-refractivity contribution in [2.45, 2.75) is 36.8 Å². The molecule has 0 spiro atoms. The number of benzene rings is 2. The summed E-state index contributed by atoms with van der Waals surface area (Å²) in [5.41, 5.74) is 1.49. The van der Waals surface area contributed by atoms with Gasteiger partial charge in [0.25, 0.3) is 5.91 Å². The van der Waals surface area contributed by atoms with Crippen LogP contribution in [0, 0.1) is 5.92 Å². The Morgan fingerprint density at radius 3 is 2.66 bits per heavy atom. The van der Waals surface area contributed by atoms with Crippen LogP contribution in [0.2, 0.25) is 0 Å². The average molecular weight is 395 g/mol. The molecule has 1 saturated carbocycles. The summed E-state index contributed by atoms with van der Waals surface area (Å²) < 4.78 is 0. The molecule has 2 N–H and O–H groups in total. The second kappa shape index (κ2) is 7.81. The van der Waals surface area contributed by atoms with E-state index in [-0.39, 0.29) is 29.0 Å². The number of rotatable bonds is 3. The molecule has 2 aliphatic rings. The topological polar surface area (TPSA) is 64.0 Å². The Labute approximate surface area is 172 Å². The van der Waals surface area contributed by atoms with Crippen molar-refractivity contribution in [2.75, 3.05) is 27.2 Å². The van der Waals surface area contributed by atoms with E-state index in [2.05, 4.69) is 18.0 Å². The van der Waals surface area contributed by atoms with Gasteiger partial charge in [0, 0.05) is 36.5 Å². The smallest absolute Gasteiger partial charge is 0.253 e. The van der Waals surface area contributed by atoms with Crippen molar-refractivity contribution in [1.82, 2.24) is 9.80 Å². The molecule has 1 heterocycles. The van der Waals surface area contributed by atoms with Gasteiger partial charge in [0.05, 0.1) is 6.10 Å². The fraction of sp³-hybridized carbons (Fsp3) is 0.458. The van der Waals surface area contributed by atoms with Crippen molar-refractivity contribution in [3.63, 3.8) is 0 Å². The summed E-state index contributed by atoms with van der Waals surface area (Å²) in [5, 5.41) is 21.3. The molecule has 3 unspecified atom stereocenters. The highest BCUT2D eigenvalue weighted by molar-refractivity contribution is 5.94. The summed E-state index contributed by atoms with van der Waals surface area (Å²) in [7, 11) is 3.94. The Hall–Kier alpha value is -2.37. The molecule has 1 aliphatic heterocycles. The van der Waals surface area contributed by atoms with Crippen molar-refractivity contribution < 1.29 is 15.0 Å². The van der Waals surface area contributed by atoms with E-state index in [0.717, 1.165) is 31.5 Å². The van der Waals surface area contributed by atoms with Gasteiger partial charge in [-0.25, -0.2) is 0 Å². The van der Waals surface area contributed by atoms with Crippen LogP contribution >= 0.6 is 0 Å². The van der Waals surface area contributed by atoms with E-state index in [1.807, 2.05) is 49.5 Å². The van der Waals surface area contributed by atoms with Gasteiger partial charge in [-0.05, 0) is 62.7 Å². The fourth-order valence-corrected chi connectivity index (χ4v) is 5.40. The summed E-state index contributed by atoms with van der Waals surface area (Å²) in [6.45, 7) is 1.75. The summed E-state index contributed by atoms with van der Waals surface area (Å²) in [6.07, 6.45) is 1.78. The number of carbonyl (C=O) groups excluding carboxylic acids is 1. The number of piperidine rings is 1. The van der Waals surface area contributed by atoms with Gasteiger partial charge in [-0.1, -0.05) is 30.3 Å². The zero-order valence-corrected chi connectivity index (χ0v) is 17.2. The molecule has 154 valence electrons. The maximum absolute atomic E-state index is 13.1. The lowest BCUT2D eigenvalue weighted by atomic mass is 9.57. The lowest BCUT2D eigenvalue weighted by molar-refractivity contribution is -0.0566. The molecule has 1 aliphatic carbocycles. The van der Waals surface area contributed by atoms with Gasteiger partial charge in [-0.2, -0.15) is 0 Å². The maximum atomic E-state index is 13.1. The van der Waals surface area contributed by atoms with Gasteiger partial charge in [0.1, 0.15) is 5.75 Å². The molecule has 2 fully saturated rings. The molecular weight excluding hydrogens is 364 g/mol. The Bertz CT molecular complexity index is 871. The van der Waals surface area contributed by atoms with Crippen LogP contribution in [-0.4, -0.2) is 65.3 Å². The molecule has 2 aromatic rings. The van der Waals surface area contributed by atoms with Crippen molar-refractivity contribution in [3.05, 3.63) is 65.7 Å². The molecule has 0 aromatic heterocycles. The molecule has 5 heteroatoms. The van der Waals surface area contributed by atoms with E-state index in [1.54, 1.807) is 11.0 Å². The van der Waals surface area contributed by atoms with E-state index >= 15 is 0 Å². The van der Waals surface area contributed by atoms with Crippen LogP contribution in [0.4, 0.5) is 0 Å². The van der Waals surface area contributed by atoms with Crippen LogP contribution in [-0.2, 0) is 5.41 Å². The van der Waals surface area contributed by atoms with Gasteiger partial charge in [-0.3, -0.25) is 4.79 Å². The SMILES string of the molecule is CN1CCC2(c3cccc(O)c3)C[C@@H](N(C)C(=O)c3ccccc3)CC(O)C2C1. The number of hydrogen-bond donors (Lipinski definition) is 2. The molecule has 0 bridgehead atoms. The van der Waals surface area contributed by atoms with Gasteiger partial charge in [-0.15, -0.1) is 0 Å². The number of aromatic hydroxyl groups is 1. The number of aliphatic hydroxyl groups is 1. The first kappa shape index (κ1) is 19.9. The Morgan fingerprint density at radius 2 is 1.93 bits per heavy atom. The van der Waals surface area contributed by atoms with E-state index in [0.29, 0.717) is 12.0 Å². The number of nitrogens with zero attached hydrogens (tertiary/aromatic N) is 2. The minimum absolute atomic E-state index is 0.0137. The fourth-order valence-electron chi connectivity index (χ4n) is 5.40. The quantitative estimate of drug-likeness (QED) is 0.840. The van der Waals surface area contributed by atoms with E-state index in [1.165, 1.54) is 0 Å². The Kier molecular flexibility index (Phi) is 5.36. The van der Waals surface area contributed by atoms with Crippen molar-refractivity contribution in [3.8, 4) is 5.75 Å². The number of carbonyl (C=O) groups is 1. The molecule has 4 rings (SSSR count). The minimum Gasteiger partial charge on any atom is -0.508 e. The van der Waals surface area contributed by atoms with Crippen molar-refractivity contribution >= 4 is 5.91 Å². The zero-order valence-electron chi connectivity index (χ0n) is 17.2. The molecule has 4 atom stereocenters. The molecule has 29 heavy (non-hydrogen) atoms. The number of phenols is 1. The van der Waals surface area contributed by atoms with Crippen molar-refractivity contribution in [2.24, 2.45) is 5.92 Å². The third-order valence-electron chi connectivity index (χ3n) is 7.05. The number of aliphatic hydroxyl groups excluding tert-OH is 1.